The van der Waals surface area contributed by atoms with Crippen LogP contribution >= 0.6 is 0 Å². The van der Waals surface area contributed by atoms with E-state index in [2.05, 4.69) is 11.1 Å². The van der Waals surface area contributed by atoms with Crippen LogP contribution in [0.25, 0.3) is 0 Å². The summed E-state index contributed by atoms with van der Waals surface area (Å²) in [5.41, 5.74) is 5.34. The third-order valence-corrected chi connectivity index (χ3v) is 3.94. The van der Waals surface area contributed by atoms with Crippen molar-refractivity contribution in [2.45, 2.75) is 38.3 Å². The van der Waals surface area contributed by atoms with E-state index in [1.54, 1.807) is 0 Å². The second-order valence-electron chi connectivity index (χ2n) is 6.08. The van der Waals surface area contributed by atoms with E-state index in [4.69, 9.17) is 21.4 Å². The summed E-state index contributed by atoms with van der Waals surface area (Å²) < 4.78 is 10.4. The lowest BCUT2D eigenvalue weighted by Crippen LogP contribution is -2.46. The minimum absolute atomic E-state index is 0.0360. The van der Waals surface area contributed by atoms with Crippen molar-refractivity contribution in [3.63, 3.8) is 0 Å². The van der Waals surface area contributed by atoms with E-state index in [0.29, 0.717) is 5.76 Å². The predicted octanol–water partition coefficient (Wildman–Crippen LogP) is -0.127. The van der Waals surface area contributed by atoms with Gasteiger partial charge in [-0.1, -0.05) is 19.8 Å². The van der Waals surface area contributed by atoms with Crippen LogP contribution in [0, 0.1) is 18.3 Å². The fraction of sp³-hybridized carbons (Fsp3) is 0.562. The first-order valence-corrected chi connectivity index (χ1v) is 7.65. The average molecular weight is 335 g/mol. The quantitative estimate of drug-likeness (QED) is 0.699. The maximum absolute atomic E-state index is 12.9. The van der Waals surface area contributed by atoms with Gasteiger partial charge in [0.05, 0.1) is 6.10 Å². The van der Waals surface area contributed by atoms with Gasteiger partial charge >= 0.3 is 0 Å². The molecule has 0 spiro atoms. The molecule has 130 valence electrons. The molecule has 0 saturated carbocycles. The molecule has 8 nitrogen and oxygen atoms in total. The molecule has 24 heavy (non-hydrogen) atoms. The van der Waals surface area contributed by atoms with Crippen LogP contribution in [0.15, 0.2) is 10.6 Å². The van der Waals surface area contributed by atoms with Gasteiger partial charge in [0.2, 0.25) is 11.8 Å². The van der Waals surface area contributed by atoms with Crippen LogP contribution in [0.1, 0.15) is 31.9 Å². The number of primary amides is 1. The molecule has 3 N–H and O–H groups in total. The number of rotatable bonds is 6. The van der Waals surface area contributed by atoms with Gasteiger partial charge in [0.25, 0.3) is 5.88 Å². The van der Waals surface area contributed by atoms with Crippen molar-refractivity contribution in [2.24, 2.45) is 11.7 Å². The summed E-state index contributed by atoms with van der Waals surface area (Å²) in [5.74, 6) is 1.03. The number of terminal acetylenes is 1. The van der Waals surface area contributed by atoms with E-state index >= 15 is 0 Å². The van der Waals surface area contributed by atoms with Gasteiger partial charge in [0, 0.05) is 19.0 Å². The second-order valence-corrected chi connectivity index (χ2v) is 6.08. The van der Waals surface area contributed by atoms with E-state index in [9.17, 15) is 14.7 Å². The van der Waals surface area contributed by atoms with Crippen molar-refractivity contribution in [3.8, 4) is 18.2 Å². The standard InChI is InChI=1S/C16H21N3O5/c1-4-5-23-13-7-12(24-18-13)14(9(2)3)16(22)19-8-10(20)6-11(19)15(17)21/h1,7,9-11,14,20H,5-6,8H2,2-3H3,(H2,17,21)/t10-,11+,14?/m1/s1. The van der Waals surface area contributed by atoms with Crippen LogP contribution in [0.4, 0.5) is 0 Å². The lowest BCUT2D eigenvalue weighted by molar-refractivity contribution is -0.139. The number of aliphatic hydroxyl groups is 1. The number of hydrogen-bond acceptors (Lipinski definition) is 6. The highest BCUT2D eigenvalue weighted by Crippen LogP contribution is 2.32. The van der Waals surface area contributed by atoms with Crippen molar-refractivity contribution in [1.29, 1.82) is 0 Å². The van der Waals surface area contributed by atoms with Crippen molar-refractivity contribution < 1.29 is 24.0 Å². The molecule has 1 saturated heterocycles. The molecule has 2 rings (SSSR count). The van der Waals surface area contributed by atoms with Crippen molar-refractivity contribution >= 4 is 11.8 Å². The van der Waals surface area contributed by atoms with Crippen molar-refractivity contribution in [2.75, 3.05) is 13.2 Å². The van der Waals surface area contributed by atoms with E-state index < -0.39 is 24.0 Å². The molecule has 1 aliphatic heterocycles. The van der Waals surface area contributed by atoms with Gasteiger partial charge in [-0.05, 0) is 11.1 Å². The number of hydrogen-bond donors (Lipinski definition) is 2. The number of nitrogens with zero attached hydrogens (tertiary/aromatic N) is 2. The maximum Gasteiger partial charge on any atom is 0.255 e. The van der Waals surface area contributed by atoms with Crippen molar-refractivity contribution in [3.05, 3.63) is 11.8 Å². The van der Waals surface area contributed by atoms with Crippen LogP contribution in [0.3, 0.4) is 0 Å². The second kappa shape index (κ2) is 7.36. The normalized spacial score (nSPS) is 21.5. The minimum atomic E-state index is -0.825. The molecule has 1 aliphatic rings. The molecule has 0 radical (unpaired) electrons. The number of carbonyl (C=O) groups excluding carboxylic acids is 2. The number of aromatic nitrogens is 1. The number of β-amino-alcohol motifs (C(OH)–C–C–N with tert-alkyl or cyclic N) is 1. The molecule has 1 aromatic rings. The van der Waals surface area contributed by atoms with Crippen LogP contribution in [0.5, 0.6) is 5.88 Å². The zero-order chi connectivity index (χ0) is 17.9. The monoisotopic (exact) mass is 335 g/mol. The highest BCUT2D eigenvalue weighted by Gasteiger charge is 2.42. The van der Waals surface area contributed by atoms with Gasteiger partial charge < -0.3 is 25.0 Å². The van der Waals surface area contributed by atoms with Crippen LogP contribution < -0.4 is 10.5 Å². The first kappa shape index (κ1) is 17.8. The largest absolute Gasteiger partial charge is 0.462 e. The number of amides is 2. The van der Waals surface area contributed by atoms with E-state index in [1.165, 1.54) is 11.0 Å². The molecule has 2 heterocycles. The fourth-order valence-electron chi connectivity index (χ4n) is 2.84. The molecule has 3 atom stereocenters. The summed E-state index contributed by atoms with van der Waals surface area (Å²) in [4.78, 5) is 25.8. The summed E-state index contributed by atoms with van der Waals surface area (Å²) in [7, 11) is 0. The molecule has 1 unspecified atom stereocenters. The van der Waals surface area contributed by atoms with Gasteiger partial charge in [-0.3, -0.25) is 9.59 Å². The zero-order valence-corrected chi connectivity index (χ0v) is 13.6. The van der Waals surface area contributed by atoms with Gasteiger partial charge in [-0.15, -0.1) is 6.42 Å². The van der Waals surface area contributed by atoms with E-state index in [0.717, 1.165) is 0 Å². The molecule has 0 bridgehead atoms. The Balaban J connectivity index is 2.24. The molecule has 0 aliphatic carbocycles. The highest BCUT2D eigenvalue weighted by atomic mass is 16.5. The van der Waals surface area contributed by atoms with Crippen LogP contribution in [-0.2, 0) is 9.59 Å². The Kier molecular flexibility index (Phi) is 5.46. The molecular formula is C16H21N3O5. The smallest absolute Gasteiger partial charge is 0.255 e. The summed E-state index contributed by atoms with van der Waals surface area (Å²) in [5, 5.41) is 13.5. The summed E-state index contributed by atoms with van der Waals surface area (Å²) >= 11 is 0. The van der Waals surface area contributed by atoms with Crippen LogP contribution in [0.2, 0.25) is 0 Å². The average Bonchev–Trinajstić information content (AvgIpc) is 3.11. The minimum Gasteiger partial charge on any atom is -0.462 e. The predicted molar refractivity (Wildman–Crippen MR) is 83.7 cm³/mol. The summed E-state index contributed by atoms with van der Waals surface area (Å²) in [6.07, 6.45) is 4.48. The van der Waals surface area contributed by atoms with E-state index in [-0.39, 0.29) is 37.3 Å². The number of aliphatic hydroxyl groups excluding tert-OH is 1. The van der Waals surface area contributed by atoms with Gasteiger partial charge in [-0.2, -0.15) is 0 Å². The zero-order valence-electron chi connectivity index (χ0n) is 13.6. The summed E-state index contributed by atoms with van der Waals surface area (Å²) in [6.45, 7) is 3.79. The maximum atomic E-state index is 12.9. The topological polar surface area (TPSA) is 119 Å². The fourth-order valence-corrected chi connectivity index (χ4v) is 2.84. The molecular weight excluding hydrogens is 314 g/mol. The van der Waals surface area contributed by atoms with Gasteiger partial charge in [-0.25, -0.2) is 0 Å². The number of likely N-dealkylation sites (tertiary alicyclic amines) is 1. The van der Waals surface area contributed by atoms with Crippen LogP contribution in [-0.4, -0.2) is 52.3 Å². The number of ether oxygens (including phenoxy) is 1. The molecule has 1 aromatic heterocycles. The van der Waals surface area contributed by atoms with Crippen molar-refractivity contribution in [1.82, 2.24) is 10.1 Å². The highest BCUT2D eigenvalue weighted by molar-refractivity contribution is 5.90. The SMILES string of the molecule is C#CCOc1cc(C(C(=O)N2C[C@H](O)C[C@H]2C(N)=O)C(C)C)on1. The Morgan fingerprint density at radius 2 is 2.33 bits per heavy atom. The Morgan fingerprint density at radius 1 is 1.62 bits per heavy atom. The molecule has 8 heteroatoms. The number of carbonyl (C=O) groups is 2. The first-order valence-electron chi connectivity index (χ1n) is 7.65. The lowest BCUT2D eigenvalue weighted by atomic mass is 9.91. The Morgan fingerprint density at radius 3 is 2.92 bits per heavy atom. The third-order valence-electron chi connectivity index (χ3n) is 3.94. The first-order chi connectivity index (χ1) is 11.3. The van der Waals surface area contributed by atoms with Gasteiger partial charge in [0.15, 0.2) is 12.4 Å². The Hall–Kier alpha value is -2.53. The molecule has 0 aromatic carbocycles. The third kappa shape index (κ3) is 3.68. The van der Waals surface area contributed by atoms with Gasteiger partial charge in [0.1, 0.15) is 12.0 Å². The lowest BCUT2D eigenvalue weighted by Gasteiger charge is -2.27. The Labute approximate surface area is 139 Å². The van der Waals surface area contributed by atoms with E-state index in [1.807, 2.05) is 13.8 Å². The summed E-state index contributed by atoms with van der Waals surface area (Å²) in [6, 6.07) is 0.680. The number of nitrogens with two attached hydrogens (primary N) is 1. The Bertz CT molecular complexity index is 648. The molecule has 2 amide bonds. The molecule has 1 fully saturated rings.